The number of likely N-dealkylation sites (N-methyl/N-ethyl adjacent to an activating group) is 1. The van der Waals surface area contributed by atoms with Crippen molar-refractivity contribution < 1.29 is 19.6 Å². The third-order valence-electron chi connectivity index (χ3n) is 4.42. The Morgan fingerprint density at radius 3 is 2.58 bits per heavy atom. The fourth-order valence-electron chi connectivity index (χ4n) is 2.73. The zero-order valence-corrected chi connectivity index (χ0v) is 18.9. The van der Waals surface area contributed by atoms with Gasteiger partial charge in [0.1, 0.15) is 0 Å². The predicted octanol–water partition coefficient (Wildman–Crippen LogP) is 4.54. The molecule has 0 saturated carbocycles. The Morgan fingerprint density at radius 2 is 1.88 bits per heavy atom. The van der Waals surface area contributed by atoms with Crippen molar-refractivity contribution in [2.75, 3.05) is 18.5 Å². The lowest BCUT2D eigenvalue weighted by Crippen LogP contribution is -2.33. The quantitative estimate of drug-likeness (QED) is 0.229. The lowest BCUT2D eigenvalue weighted by Gasteiger charge is -2.16. The maximum absolute atomic E-state index is 12.0. The molecule has 33 heavy (non-hydrogen) atoms. The zero-order chi connectivity index (χ0) is 23.5. The molecule has 3 aromatic rings. The number of amidine groups is 1. The lowest BCUT2D eigenvalue weighted by atomic mass is 10.1. The SMILES string of the molecule is CCN(O)C(=N)/C(=N/OCc1csc(NC(=O)OCCc2ccccc2)n1)c1ccccc1. The predicted molar refractivity (Wildman–Crippen MR) is 127 cm³/mol. The minimum absolute atomic E-state index is 0.0302. The number of nitrogens with one attached hydrogen (secondary N) is 2. The number of anilines is 1. The summed E-state index contributed by atoms with van der Waals surface area (Å²) in [6, 6.07) is 18.8. The van der Waals surface area contributed by atoms with Crippen molar-refractivity contribution in [2.24, 2.45) is 5.16 Å². The number of nitrogens with zero attached hydrogens (tertiary/aromatic N) is 3. The van der Waals surface area contributed by atoms with Crippen LogP contribution in [0.5, 0.6) is 0 Å². The first kappa shape index (κ1) is 23.9. The van der Waals surface area contributed by atoms with Crippen LogP contribution >= 0.6 is 11.3 Å². The number of carbonyl (C=O) groups excluding carboxylic acids is 1. The van der Waals surface area contributed by atoms with Crippen LogP contribution in [-0.2, 0) is 22.6 Å². The number of thiazole rings is 1. The molecule has 3 N–H and O–H groups in total. The van der Waals surface area contributed by atoms with E-state index >= 15 is 0 Å². The van der Waals surface area contributed by atoms with Crippen LogP contribution in [0.2, 0.25) is 0 Å². The monoisotopic (exact) mass is 467 g/mol. The van der Waals surface area contributed by atoms with E-state index in [2.05, 4.69) is 15.5 Å². The molecule has 1 aromatic heterocycles. The second-order valence-corrected chi connectivity index (χ2v) is 7.64. The van der Waals surface area contributed by atoms with Gasteiger partial charge in [-0.15, -0.1) is 11.3 Å². The van der Waals surface area contributed by atoms with Crippen LogP contribution < -0.4 is 5.32 Å². The van der Waals surface area contributed by atoms with Crippen molar-refractivity contribution in [3.63, 3.8) is 0 Å². The summed E-state index contributed by atoms with van der Waals surface area (Å²) in [4.78, 5) is 21.6. The molecule has 0 bridgehead atoms. The molecule has 10 heteroatoms. The number of ether oxygens (including phenoxy) is 1. The number of carbonyl (C=O) groups is 1. The van der Waals surface area contributed by atoms with Gasteiger partial charge in [0.2, 0.25) is 0 Å². The molecule has 1 heterocycles. The van der Waals surface area contributed by atoms with Crippen molar-refractivity contribution in [1.82, 2.24) is 10.0 Å². The Hall–Kier alpha value is -3.76. The molecule has 172 valence electrons. The summed E-state index contributed by atoms with van der Waals surface area (Å²) in [6.45, 7) is 2.24. The van der Waals surface area contributed by atoms with Crippen LogP contribution in [0, 0.1) is 5.41 Å². The van der Waals surface area contributed by atoms with Crippen molar-refractivity contribution in [3.05, 3.63) is 82.9 Å². The molecule has 1 amide bonds. The van der Waals surface area contributed by atoms with Crippen LogP contribution in [0.15, 0.2) is 71.2 Å². The average Bonchev–Trinajstić information content (AvgIpc) is 3.29. The minimum atomic E-state index is -0.576. The van der Waals surface area contributed by atoms with E-state index in [9.17, 15) is 10.0 Å². The summed E-state index contributed by atoms with van der Waals surface area (Å²) < 4.78 is 5.19. The van der Waals surface area contributed by atoms with Gasteiger partial charge in [-0.1, -0.05) is 65.8 Å². The molecule has 0 spiro atoms. The molecule has 2 aromatic carbocycles. The van der Waals surface area contributed by atoms with E-state index in [1.54, 1.807) is 24.4 Å². The van der Waals surface area contributed by atoms with Gasteiger partial charge in [-0.25, -0.2) is 14.8 Å². The Kier molecular flexibility index (Phi) is 8.92. The van der Waals surface area contributed by atoms with Gasteiger partial charge >= 0.3 is 6.09 Å². The molecule has 0 aliphatic carbocycles. The van der Waals surface area contributed by atoms with E-state index in [0.717, 1.165) is 10.6 Å². The van der Waals surface area contributed by atoms with Crippen molar-refractivity contribution in [1.29, 1.82) is 5.41 Å². The molecule has 0 atom stereocenters. The molecule has 0 aliphatic heterocycles. The summed E-state index contributed by atoms with van der Waals surface area (Å²) in [5.74, 6) is -0.178. The second kappa shape index (κ2) is 12.3. The third kappa shape index (κ3) is 7.41. The van der Waals surface area contributed by atoms with Gasteiger partial charge in [-0.05, 0) is 12.5 Å². The third-order valence-corrected chi connectivity index (χ3v) is 5.23. The number of aromatic nitrogens is 1. The molecule has 3 rings (SSSR count). The Balaban J connectivity index is 1.52. The van der Waals surface area contributed by atoms with Crippen LogP contribution in [-0.4, -0.2) is 46.0 Å². The molecule has 0 fully saturated rings. The van der Waals surface area contributed by atoms with Gasteiger partial charge in [0.25, 0.3) is 0 Å². The van der Waals surface area contributed by atoms with Gasteiger partial charge in [-0.2, -0.15) is 0 Å². The maximum atomic E-state index is 12.0. The smallest absolute Gasteiger partial charge is 0.413 e. The van der Waals surface area contributed by atoms with Gasteiger partial charge in [-0.3, -0.25) is 15.9 Å². The van der Waals surface area contributed by atoms with Crippen molar-refractivity contribution in [3.8, 4) is 0 Å². The van der Waals surface area contributed by atoms with Gasteiger partial charge in [0, 0.05) is 23.9 Å². The Morgan fingerprint density at radius 1 is 1.18 bits per heavy atom. The fourth-order valence-corrected chi connectivity index (χ4v) is 3.41. The molecular formula is C23H25N5O4S. The lowest BCUT2D eigenvalue weighted by molar-refractivity contribution is -0.00791. The number of benzene rings is 2. The molecule has 0 radical (unpaired) electrons. The first-order chi connectivity index (χ1) is 16.1. The average molecular weight is 468 g/mol. The number of amides is 1. The number of rotatable bonds is 10. The summed E-state index contributed by atoms with van der Waals surface area (Å²) in [6.07, 6.45) is 0.0545. The van der Waals surface area contributed by atoms with Crippen LogP contribution in [0.3, 0.4) is 0 Å². The summed E-state index contributed by atoms with van der Waals surface area (Å²) in [7, 11) is 0. The number of hydroxylamine groups is 2. The first-order valence-electron chi connectivity index (χ1n) is 10.3. The van der Waals surface area contributed by atoms with Crippen molar-refractivity contribution >= 4 is 34.1 Å². The van der Waals surface area contributed by atoms with Crippen molar-refractivity contribution in [2.45, 2.75) is 20.0 Å². The highest BCUT2D eigenvalue weighted by molar-refractivity contribution is 7.13. The molecular weight excluding hydrogens is 442 g/mol. The topological polar surface area (TPSA) is 120 Å². The van der Waals surface area contributed by atoms with Crippen LogP contribution in [0.4, 0.5) is 9.93 Å². The molecule has 0 unspecified atom stereocenters. The van der Waals surface area contributed by atoms with E-state index in [4.69, 9.17) is 15.0 Å². The molecule has 0 aliphatic rings. The van der Waals surface area contributed by atoms with E-state index in [1.807, 2.05) is 48.5 Å². The van der Waals surface area contributed by atoms with Gasteiger partial charge in [0.05, 0.1) is 12.3 Å². The van der Waals surface area contributed by atoms with E-state index in [1.165, 1.54) is 11.3 Å². The number of hydrogen-bond acceptors (Lipinski definition) is 8. The Bertz CT molecular complexity index is 1070. The zero-order valence-electron chi connectivity index (χ0n) is 18.1. The first-order valence-corrected chi connectivity index (χ1v) is 11.2. The highest BCUT2D eigenvalue weighted by Crippen LogP contribution is 2.17. The van der Waals surface area contributed by atoms with Gasteiger partial charge < -0.3 is 9.57 Å². The Labute approximate surface area is 195 Å². The summed E-state index contributed by atoms with van der Waals surface area (Å²) >= 11 is 1.24. The highest BCUT2D eigenvalue weighted by Gasteiger charge is 2.16. The largest absolute Gasteiger partial charge is 0.449 e. The van der Waals surface area contributed by atoms with Crippen LogP contribution in [0.1, 0.15) is 23.7 Å². The van der Waals surface area contributed by atoms with E-state index < -0.39 is 6.09 Å². The highest BCUT2D eigenvalue weighted by atomic mass is 32.1. The molecule has 0 saturated heterocycles. The maximum Gasteiger partial charge on any atom is 0.413 e. The van der Waals surface area contributed by atoms with Crippen LogP contribution in [0.25, 0.3) is 0 Å². The molecule has 9 nitrogen and oxygen atoms in total. The summed E-state index contributed by atoms with van der Waals surface area (Å²) in [5.41, 5.74) is 2.47. The normalized spacial score (nSPS) is 11.0. The van der Waals surface area contributed by atoms with E-state index in [-0.39, 0.29) is 31.3 Å². The van der Waals surface area contributed by atoms with E-state index in [0.29, 0.717) is 22.8 Å². The standard InChI is InChI=1S/C23H25N5O4S/c1-2-28(30)21(24)20(18-11-7-4-8-12-18)27-32-15-19-16-33-22(25-19)26-23(29)31-14-13-17-9-5-3-6-10-17/h3-12,16,24,30H,2,13-15H2,1H3,(H,25,26,29)/b24-21?,27-20+. The fraction of sp³-hybridized carbons (Fsp3) is 0.217. The summed E-state index contributed by atoms with van der Waals surface area (Å²) in [5, 5.41) is 27.6. The second-order valence-electron chi connectivity index (χ2n) is 6.78. The van der Waals surface area contributed by atoms with Gasteiger partial charge in [0.15, 0.2) is 23.3 Å². The number of hydrogen-bond donors (Lipinski definition) is 3. The number of oxime groups is 1. The minimum Gasteiger partial charge on any atom is -0.449 e.